The van der Waals surface area contributed by atoms with E-state index in [1.165, 1.54) is 50.9 Å². The van der Waals surface area contributed by atoms with Crippen LogP contribution in [-0.4, -0.2) is 15.1 Å². The lowest BCUT2D eigenvalue weighted by atomic mass is 9.94. The number of nitrogens with zero attached hydrogens (tertiary/aromatic N) is 2. The molecule has 1 aromatic heterocycles. The molecule has 3 aliphatic carbocycles. The van der Waals surface area contributed by atoms with E-state index in [2.05, 4.69) is 9.97 Å². The molecule has 3 saturated carbocycles. The number of aromatic nitrogens is 2. The maximum atomic E-state index is 9.85. The molecule has 4 heteroatoms. The maximum absolute atomic E-state index is 9.85. The summed E-state index contributed by atoms with van der Waals surface area (Å²) >= 11 is 0. The Morgan fingerprint density at radius 1 is 1.41 bits per heavy atom. The van der Waals surface area contributed by atoms with Gasteiger partial charge in [-0.3, -0.25) is 0 Å². The van der Waals surface area contributed by atoms with Gasteiger partial charge in [0.15, 0.2) is 11.6 Å². The van der Waals surface area contributed by atoms with Crippen molar-refractivity contribution in [3.05, 3.63) is 23.9 Å². The summed E-state index contributed by atoms with van der Waals surface area (Å²) in [5.41, 5.74) is 6.90. The molecule has 118 valence electrons. The average molecular weight is 299 g/mol. The van der Waals surface area contributed by atoms with Crippen molar-refractivity contribution in [1.29, 1.82) is 0 Å². The van der Waals surface area contributed by atoms with Crippen LogP contribution in [0.2, 0.25) is 0 Å². The number of rotatable bonds is 6. The minimum absolute atomic E-state index is 0.202. The second kappa shape index (κ2) is 5.25. The normalized spacial score (nSPS) is 35.2. The zero-order chi connectivity index (χ0) is 15.2. The fraction of sp³-hybridized carbons (Fsp3) is 0.667. The third kappa shape index (κ3) is 2.38. The second-order valence-electron chi connectivity index (χ2n) is 7.44. The zero-order valence-corrected chi connectivity index (χ0v) is 13.0. The Bertz CT molecular complexity index is 600. The van der Waals surface area contributed by atoms with Gasteiger partial charge in [-0.15, -0.1) is 0 Å². The van der Waals surface area contributed by atoms with E-state index in [4.69, 9.17) is 5.73 Å². The van der Waals surface area contributed by atoms with E-state index >= 15 is 0 Å². The molecule has 4 rings (SSSR count). The molecule has 3 fully saturated rings. The summed E-state index contributed by atoms with van der Waals surface area (Å²) in [4.78, 5) is 8.38. The molecule has 0 saturated heterocycles. The highest BCUT2D eigenvalue weighted by atomic mass is 16.3. The molecule has 1 aromatic rings. The molecular formula is C18H25N3O. The van der Waals surface area contributed by atoms with Crippen LogP contribution in [0.3, 0.4) is 0 Å². The molecule has 1 heterocycles. The Morgan fingerprint density at radius 3 is 3.05 bits per heavy atom. The monoisotopic (exact) mass is 299 g/mol. The van der Waals surface area contributed by atoms with Crippen molar-refractivity contribution in [1.82, 2.24) is 9.97 Å². The molecule has 0 bridgehead atoms. The van der Waals surface area contributed by atoms with Gasteiger partial charge in [-0.25, -0.2) is 9.97 Å². The maximum Gasteiger partial charge on any atom is 0.155 e. The summed E-state index contributed by atoms with van der Waals surface area (Å²) in [6.45, 7) is 0. The van der Waals surface area contributed by atoms with Crippen LogP contribution in [0, 0.1) is 23.2 Å². The minimum Gasteiger partial charge on any atom is -0.504 e. The second-order valence-corrected chi connectivity index (χ2v) is 7.44. The number of fused-ring (bicyclic) bond motifs is 2. The zero-order valence-electron chi connectivity index (χ0n) is 13.0. The number of hydrogen-bond donors (Lipinski definition) is 2. The summed E-state index contributed by atoms with van der Waals surface area (Å²) in [5.74, 6) is 3.99. The molecule has 0 amide bonds. The van der Waals surface area contributed by atoms with Crippen LogP contribution in [0.1, 0.15) is 56.5 Å². The quantitative estimate of drug-likeness (QED) is 0.791. The van der Waals surface area contributed by atoms with Crippen LogP contribution < -0.4 is 5.73 Å². The van der Waals surface area contributed by atoms with Gasteiger partial charge in [0.25, 0.3) is 0 Å². The van der Waals surface area contributed by atoms with E-state index in [1.807, 2.05) is 0 Å². The van der Waals surface area contributed by atoms with E-state index in [0.717, 1.165) is 41.7 Å². The Labute approximate surface area is 131 Å². The van der Waals surface area contributed by atoms with Gasteiger partial charge in [-0.1, -0.05) is 6.42 Å². The highest BCUT2D eigenvalue weighted by molar-refractivity contribution is 5.40. The lowest BCUT2D eigenvalue weighted by Crippen LogP contribution is -2.03. The van der Waals surface area contributed by atoms with Gasteiger partial charge in [-0.05, 0) is 80.4 Å². The lowest BCUT2D eigenvalue weighted by molar-refractivity contribution is 0.391. The fourth-order valence-corrected chi connectivity index (χ4v) is 4.92. The van der Waals surface area contributed by atoms with Crippen molar-refractivity contribution in [2.24, 2.45) is 28.9 Å². The first-order valence-electron chi connectivity index (χ1n) is 8.66. The van der Waals surface area contributed by atoms with E-state index < -0.39 is 0 Å². The molecule has 0 aliphatic heterocycles. The standard InChI is InChI=1S/C18H25N3O/c19-8-6-17-20-11-16(22)15(21-17)4-2-1-3-13-10-18(13)7-5-12-9-14(12)18/h6,8,11-14,22H,1-5,7,9-10,19H2. The molecule has 4 atom stereocenters. The van der Waals surface area contributed by atoms with Crippen molar-refractivity contribution in [2.75, 3.05) is 0 Å². The summed E-state index contributed by atoms with van der Waals surface area (Å²) in [6, 6.07) is 0. The predicted octanol–water partition coefficient (Wildman–Crippen LogP) is 3.26. The third-order valence-electron chi connectivity index (χ3n) is 6.25. The van der Waals surface area contributed by atoms with Crippen molar-refractivity contribution in [3.63, 3.8) is 0 Å². The Hall–Kier alpha value is -1.58. The Kier molecular flexibility index (Phi) is 3.35. The van der Waals surface area contributed by atoms with Gasteiger partial charge in [0.1, 0.15) is 0 Å². The van der Waals surface area contributed by atoms with Gasteiger partial charge in [0, 0.05) is 0 Å². The molecule has 3 aliphatic rings. The van der Waals surface area contributed by atoms with Crippen LogP contribution in [-0.2, 0) is 6.42 Å². The number of aromatic hydroxyl groups is 1. The predicted molar refractivity (Wildman–Crippen MR) is 85.8 cm³/mol. The smallest absolute Gasteiger partial charge is 0.155 e. The highest BCUT2D eigenvalue weighted by Crippen LogP contribution is 2.76. The first-order chi connectivity index (χ1) is 10.7. The molecular weight excluding hydrogens is 274 g/mol. The highest BCUT2D eigenvalue weighted by Gasteiger charge is 2.68. The van der Waals surface area contributed by atoms with Crippen molar-refractivity contribution >= 4 is 6.08 Å². The van der Waals surface area contributed by atoms with E-state index in [1.54, 1.807) is 6.08 Å². The first-order valence-corrected chi connectivity index (χ1v) is 8.66. The number of nitrogens with two attached hydrogens (primary N) is 1. The summed E-state index contributed by atoms with van der Waals surface area (Å²) in [6.07, 6.45) is 15.1. The Balaban J connectivity index is 1.25. The summed E-state index contributed by atoms with van der Waals surface area (Å²) in [5, 5.41) is 9.85. The number of unbranched alkanes of at least 4 members (excludes halogenated alkanes) is 1. The van der Waals surface area contributed by atoms with Crippen molar-refractivity contribution in [2.45, 2.75) is 51.4 Å². The number of hydrogen-bond acceptors (Lipinski definition) is 4. The van der Waals surface area contributed by atoms with Gasteiger partial charge in [0.2, 0.25) is 0 Å². The van der Waals surface area contributed by atoms with E-state index in [-0.39, 0.29) is 5.75 Å². The fourth-order valence-electron chi connectivity index (χ4n) is 4.92. The number of aryl methyl sites for hydroxylation is 1. The van der Waals surface area contributed by atoms with Crippen LogP contribution in [0.25, 0.3) is 6.08 Å². The molecule has 1 spiro atoms. The molecule has 4 unspecified atom stereocenters. The molecule has 22 heavy (non-hydrogen) atoms. The van der Waals surface area contributed by atoms with Crippen molar-refractivity contribution in [3.8, 4) is 5.75 Å². The van der Waals surface area contributed by atoms with Crippen LogP contribution in [0.15, 0.2) is 12.4 Å². The minimum atomic E-state index is 0.202. The van der Waals surface area contributed by atoms with E-state index in [0.29, 0.717) is 5.82 Å². The Morgan fingerprint density at radius 2 is 2.32 bits per heavy atom. The van der Waals surface area contributed by atoms with Gasteiger partial charge >= 0.3 is 0 Å². The van der Waals surface area contributed by atoms with Gasteiger partial charge in [-0.2, -0.15) is 0 Å². The first kappa shape index (κ1) is 14.0. The summed E-state index contributed by atoms with van der Waals surface area (Å²) < 4.78 is 0. The van der Waals surface area contributed by atoms with Crippen molar-refractivity contribution < 1.29 is 5.11 Å². The van der Waals surface area contributed by atoms with Crippen LogP contribution in [0.4, 0.5) is 0 Å². The lowest BCUT2D eigenvalue weighted by Gasteiger charge is -2.11. The molecule has 3 N–H and O–H groups in total. The summed E-state index contributed by atoms with van der Waals surface area (Å²) in [7, 11) is 0. The SMILES string of the molecule is NC=Cc1ncc(O)c(CCCCC2CC23CCC2CC23)n1. The van der Waals surface area contributed by atoms with Crippen LogP contribution in [0.5, 0.6) is 5.75 Å². The van der Waals surface area contributed by atoms with E-state index in [9.17, 15) is 5.11 Å². The molecule has 0 aromatic carbocycles. The van der Waals surface area contributed by atoms with Gasteiger partial charge < -0.3 is 10.8 Å². The topological polar surface area (TPSA) is 72.0 Å². The molecule has 0 radical (unpaired) electrons. The third-order valence-corrected chi connectivity index (χ3v) is 6.25. The average Bonchev–Trinajstić information content (AvgIpc) is 3.38. The molecule has 4 nitrogen and oxygen atoms in total. The van der Waals surface area contributed by atoms with Crippen LogP contribution >= 0.6 is 0 Å². The van der Waals surface area contributed by atoms with Gasteiger partial charge in [0.05, 0.1) is 11.9 Å². The largest absolute Gasteiger partial charge is 0.504 e.